The van der Waals surface area contributed by atoms with Gasteiger partial charge in [0.05, 0.1) is 0 Å². The van der Waals surface area contributed by atoms with Crippen LogP contribution in [0.5, 0.6) is 0 Å². The van der Waals surface area contributed by atoms with Crippen molar-refractivity contribution in [2.75, 3.05) is 13.1 Å². The number of nitrogens with two attached hydrogens (primary N) is 1. The maximum atomic E-state index is 6.04. The number of piperidine rings is 1. The van der Waals surface area contributed by atoms with Crippen molar-refractivity contribution in [2.45, 2.75) is 57.5 Å². The van der Waals surface area contributed by atoms with Gasteiger partial charge in [-0.25, -0.2) is 0 Å². The van der Waals surface area contributed by atoms with Gasteiger partial charge in [0.2, 0.25) is 0 Å². The van der Waals surface area contributed by atoms with E-state index in [1.165, 1.54) is 44.2 Å². The molecule has 2 rings (SSSR count). The second-order valence-electron chi connectivity index (χ2n) is 5.71. The molecule has 0 radical (unpaired) electrons. The van der Waals surface area contributed by atoms with E-state index in [1.807, 2.05) is 0 Å². The summed E-state index contributed by atoms with van der Waals surface area (Å²) in [6.07, 6.45) is 7.70. The lowest BCUT2D eigenvalue weighted by Crippen LogP contribution is -2.49. The van der Waals surface area contributed by atoms with Crippen LogP contribution in [0.25, 0.3) is 0 Å². The zero-order chi connectivity index (χ0) is 13.5. The van der Waals surface area contributed by atoms with Crippen LogP contribution in [0.1, 0.15) is 44.6 Å². The summed E-state index contributed by atoms with van der Waals surface area (Å²) in [6, 6.07) is 12.1. The fourth-order valence-electron chi connectivity index (χ4n) is 3.34. The molecule has 0 saturated carbocycles. The van der Waals surface area contributed by atoms with Crippen molar-refractivity contribution in [3.8, 4) is 0 Å². The maximum Gasteiger partial charge on any atom is 0.0224 e. The monoisotopic (exact) mass is 260 g/mol. The summed E-state index contributed by atoms with van der Waals surface area (Å²) in [5.41, 5.74) is 7.48. The Morgan fingerprint density at radius 2 is 2.05 bits per heavy atom. The van der Waals surface area contributed by atoms with E-state index in [9.17, 15) is 0 Å². The molecule has 1 heterocycles. The van der Waals surface area contributed by atoms with Gasteiger partial charge < -0.3 is 5.73 Å². The van der Waals surface area contributed by atoms with Crippen molar-refractivity contribution >= 4 is 0 Å². The van der Waals surface area contributed by atoms with E-state index in [0.717, 1.165) is 19.0 Å². The Morgan fingerprint density at radius 3 is 2.74 bits per heavy atom. The quantitative estimate of drug-likeness (QED) is 0.851. The standard InChI is InChI=1S/C17H28N2/c1-2-16-10-6-7-13-19(16)17(14-18)12-11-15-8-4-3-5-9-15/h3-5,8-9,16-17H,2,6-7,10-14,18H2,1H3. The zero-order valence-corrected chi connectivity index (χ0v) is 12.2. The summed E-state index contributed by atoms with van der Waals surface area (Å²) in [5, 5.41) is 0. The van der Waals surface area contributed by atoms with Gasteiger partial charge in [-0.3, -0.25) is 4.90 Å². The Hall–Kier alpha value is -0.860. The number of aryl methyl sites for hydroxylation is 1. The van der Waals surface area contributed by atoms with Crippen LogP contribution in [-0.2, 0) is 6.42 Å². The fraction of sp³-hybridized carbons (Fsp3) is 0.647. The number of rotatable bonds is 6. The molecule has 1 aliphatic heterocycles. The second kappa shape index (κ2) is 7.66. The summed E-state index contributed by atoms with van der Waals surface area (Å²) in [4.78, 5) is 2.69. The number of hydrogen-bond donors (Lipinski definition) is 1. The molecule has 2 N–H and O–H groups in total. The van der Waals surface area contributed by atoms with Crippen molar-refractivity contribution in [1.29, 1.82) is 0 Å². The molecule has 0 aliphatic carbocycles. The van der Waals surface area contributed by atoms with E-state index in [1.54, 1.807) is 0 Å². The van der Waals surface area contributed by atoms with E-state index in [4.69, 9.17) is 5.73 Å². The van der Waals surface area contributed by atoms with E-state index in [-0.39, 0.29) is 0 Å². The first-order valence-electron chi connectivity index (χ1n) is 7.85. The van der Waals surface area contributed by atoms with Gasteiger partial charge in [0.15, 0.2) is 0 Å². The normalized spacial score (nSPS) is 22.3. The van der Waals surface area contributed by atoms with Gasteiger partial charge in [0.25, 0.3) is 0 Å². The molecule has 0 aromatic heterocycles. The highest BCUT2D eigenvalue weighted by Gasteiger charge is 2.26. The fourth-order valence-corrected chi connectivity index (χ4v) is 3.34. The summed E-state index contributed by atoms with van der Waals surface area (Å²) in [7, 11) is 0. The van der Waals surface area contributed by atoms with Crippen LogP contribution in [0, 0.1) is 0 Å². The molecule has 106 valence electrons. The lowest BCUT2D eigenvalue weighted by Gasteiger charge is -2.40. The van der Waals surface area contributed by atoms with Crippen molar-refractivity contribution in [2.24, 2.45) is 5.73 Å². The third-order valence-electron chi connectivity index (χ3n) is 4.49. The Balaban J connectivity index is 1.91. The van der Waals surface area contributed by atoms with Crippen LogP contribution in [0.4, 0.5) is 0 Å². The van der Waals surface area contributed by atoms with Crippen LogP contribution >= 0.6 is 0 Å². The Bertz CT molecular complexity index is 350. The lowest BCUT2D eigenvalue weighted by molar-refractivity contribution is 0.0904. The van der Waals surface area contributed by atoms with Crippen molar-refractivity contribution in [3.05, 3.63) is 35.9 Å². The van der Waals surface area contributed by atoms with Crippen molar-refractivity contribution in [3.63, 3.8) is 0 Å². The minimum atomic E-state index is 0.561. The van der Waals surface area contributed by atoms with Gasteiger partial charge in [-0.2, -0.15) is 0 Å². The highest BCUT2D eigenvalue weighted by atomic mass is 15.2. The number of nitrogens with zero attached hydrogens (tertiary/aromatic N) is 1. The minimum absolute atomic E-state index is 0.561. The van der Waals surface area contributed by atoms with Gasteiger partial charge in [-0.05, 0) is 44.2 Å². The van der Waals surface area contributed by atoms with E-state index < -0.39 is 0 Å². The highest BCUT2D eigenvalue weighted by Crippen LogP contribution is 2.23. The maximum absolute atomic E-state index is 6.04. The molecular formula is C17H28N2. The number of hydrogen-bond acceptors (Lipinski definition) is 2. The SMILES string of the molecule is CCC1CCCCN1C(CN)CCc1ccccc1. The molecule has 1 aromatic rings. The van der Waals surface area contributed by atoms with Crippen molar-refractivity contribution < 1.29 is 0 Å². The second-order valence-corrected chi connectivity index (χ2v) is 5.71. The lowest BCUT2D eigenvalue weighted by atomic mass is 9.95. The van der Waals surface area contributed by atoms with Crippen LogP contribution in [-0.4, -0.2) is 30.1 Å². The Kier molecular flexibility index (Phi) is 5.87. The van der Waals surface area contributed by atoms with E-state index in [2.05, 4.69) is 42.2 Å². The minimum Gasteiger partial charge on any atom is -0.329 e. The third-order valence-corrected chi connectivity index (χ3v) is 4.49. The molecule has 19 heavy (non-hydrogen) atoms. The molecule has 2 unspecified atom stereocenters. The van der Waals surface area contributed by atoms with Gasteiger partial charge >= 0.3 is 0 Å². The first-order valence-corrected chi connectivity index (χ1v) is 7.85. The molecule has 1 fully saturated rings. The zero-order valence-electron chi connectivity index (χ0n) is 12.2. The van der Waals surface area contributed by atoms with Gasteiger partial charge in [0, 0.05) is 18.6 Å². The van der Waals surface area contributed by atoms with Crippen LogP contribution in [0.3, 0.4) is 0 Å². The summed E-state index contributed by atoms with van der Waals surface area (Å²) in [5.74, 6) is 0. The van der Waals surface area contributed by atoms with E-state index >= 15 is 0 Å². The third kappa shape index (κ3) is 4.05. The summed E-state index contributed by atoms with van der Waals surface area (Å²) in [6.45, 7) is 4.35. The molecule has 0 spiro atoms. The molecular weight excluding hydrogens is 232 g/mol. The van der Waals surface area contributed by atoms with Crippen molar-refractivity contribution in [1.82, 2.24) is 4.90 Å². The molecule has 1 aromatic carbocycles. The topological polar surface area (TPSA) is 29.3 Å². The summed E-state index contributed by atoms with van der Waals surface area (Å²) >= 11 is 0. The predicted octanol–water partition coefficient (Wildman–Crippen LogP) is 3.21. The Morgan fingerprint density at radius 1 is 1.26 bits per heavy atom. The predicted molar refractivity (Wildman–Crippen MR) is 82.2 cm³/mol. The van der Waals surface area contributed by atoms with Crippen LogP contribution in [0.15, 0.2) is 30.3 Å². The molecule has 2 heteroatoms. The number of likely N-dealkylation sites (tertiary alicyclic amines) is 1. The molecule has 0 amide bonds. The average molecular weight is 260 g/mol. The summed E-state index contributed by atoms with van der Waals surface area (Å²) < 4.78 is 0. The smallest absolute Gasteiger partial charge is 0.0224 e. The van der Waals surface area contributed by atoms with Gasteiger partial charge in [-0.1, -0.05) is 43.7 Å². The molecule has 1 saturated heterocycles. The first-order chi connectivity index (χ1) is 9.35. The first kappa shape index (κ1) is 14.5. The largest absolute Gasteiger partial charge is 0.329 e. The number of benzene rings is 1. The Labute approximate surface area is 118 Å². The van der Waals surface area contributed by atoms with E-state index in [0.29, 0.717) is 6.04 Å². The van der Waals surface area contributed by atoms with Gasteiger partial charge in [-0.15, -0.1) is 0 Å². The highest BCUT2D eigenvalue weighted by molar-refractivity contribution is 5.14. The molecule has 1 aliphatic rings. The molecule has 0 bridgehead atoms. The van der Waals surface area contributed by atoms with Gasteiger partial charge in [0.1, 0.15) is 0 Å². The molecule has 2 nitrogen and oxygen atoms in total. The van der Waals surface area contributed by atoms with Crippen LogP contribution in [0.2, 0.25) is 0 Å². The van der Waals surface area contributed by atoms with Crippen LogP contribution < -0.4 is 5.73 Å². The molecule has 2 atom stereocenters. The average Bonchev–Trinajstić information content (AvgIpc) is 2.49.